The van der Waals surface area contributed by atoms with Crippen molar-refractivity contribution in [2.75, 3.05) is 27.2 Å². The first-order valence-electron chi connectivity index (χ1n) is 6.12. The molecular formula is C14H24N2O. The molecule has 0 saturated carbocycles. The van der Waals surface area contributed by atoms with E-state index in [1.54, 1.807) is 7.11 Å². The van der Waals surface area contributed by atoms with Gasteiger partial charge in [0.05, 0.1) is 6.10 Å². The van der Waals surface area contributed by atoms with Gasteiger partial charge in [-0.3, -0.25) is 0 Å². The Hall–Kier alpha value is -0.900. The number of aryl methyl sites for hydroxylation is 1. The number of ether oxygens (including phenoxy) is 1. The average Bonchev–Trinajstić information content (AvgIpc) is 2.33. The Morgan fingerprint density at radius 1 is 1.29 bits per heavy atom. The van der Waals surface area contributed by atoms with Gasteiger partial charge in [0.1, 0.15) is 0 Å². The molecule has 0 radical (unpaired) electrons. The van der Waals surface area contributed by atoms with Crippen LogP contribution in [0, 0.1) is 6.92 Å². The fraction of sp³-hybridized carbons (Fsp3) is 0.571. The van der Waals surface area contributed by atoms with E-state index in [1.165, 1.54) is 11.1 Å². The maximum atomic E-state index is 5.60. The smallest absolute Gasteiger partial charge is 0.0705 e. The Labute approximate surface area is 105 Å². The first kappa shape index (κ1) is 14.2. The molecule has 1 atom stereocenters. The second-order valence-electron chi connectivity index (χ2n) is 4.61. The van der Waals surface area contributed by atoms with E-state index in [0.29, 0.717) is 6.54 Å². The van der Waals surface area contributed by atoms with Crippen LogP contribution in [-0.4, -0.2) is 38.3 Å². The number of rotatable bonds is 7. The van der Waals surface area contributed by atoms with E-state index in [1.807, 2.05) is 0 Å². The second-order valence-corrected chi connectivity index (χ2v) is 4.61. The van der Waals surface area contributed by atoms with E-state index in [4.69, 9.17) is 10.5 Å². The number of benzene rings is 1. The summed E-state index contributed by atoms with van der Waals surface area (Å²) in [5.74, 6) is 0. The van der Waals surface area contributed by atoms with E-state index in [9.17, 15) is 0 Å². The normalized spacial score (nSPS) is 13.0. The van der Waals surface area contributed by atoms with E-state index < -0.39 is 0 Å². The lowest BCUT2D eigenvalue weighted by Crippen LogP contribution is -2.28. The van der Waals surface area contributed by atoms with Crippen LogP contribution >= 0.6 is 0 Å². The third-order valence-corrected chi connectivity index (χ3v) is 3.00. The quantitative estimate of drug-likeness (QED) is 0.784. The van der Waals surface area contributed by atoms with Crippen LogP contribution in [0.4, 0.5) is 0 Å². The van der Waals surface area contributed by atoms with Crippen molar-refractivity contribution in [2.45, 2.75) is 26.0 Å². The molecule has 3 nitrogen and oxygen atoms in total. The molecule has 0 aliphatic carbocycles. The van der Waals surface area contributed by atoms with Gasteiger partial charge in [0.25, 0.3) is 0 Å². The van der Waals surface area contributed by atoms with Crippen LogP contribution in [0.2, 0.25) is 0 Å². The van der Waals surface area contributed by atoms with E-state index in [2.05, 4.69) is 43.1 Å². The zero-order chi connectivity index (χ0) is 12.7. The zero-order valence-corrected chi connectivity index (χ0v) is 11.1. The van der Waals surface area contributed by atoms with Crippen molar-refractivity contribution in [3.05, 3.63) is 35.4 Å². The molecule has 0 bridgehead atoms. The van der Waals surface area contributed by atoms with Gasteiger partial charge in [-0.25, -0.2) is 0 Å². The van der Waals surface area contributed by atoms with Gasteiger partial charge in [0.15, 0.2) is 0 Å². The lowest BCUT2D eigenvalue weighted by Gasteiger charge is -2.20. The van der Waals surface area contributed by atoms with Crippen molar-refractivity contribution in [2.24, 2.45) is 5.73 Å². The van der Waals surface area contributed by atoms with Gasteiger partial charge in [-0.15, -0.1) is 0 Å². The minimum absolute atomic E-state index is 0.176. The molecule has 2 N–H and O–H groups in total. The SMILES string of the molecule is COC(CN)CCN(C)Cc1ccc(C)cc1. The molecule has 0 aliphatic rings. The minimum atomic E-state index is 0.176. The topological polar surface area (TPSA) is 38.5 Å². The zero-order valence-electron chi connectivity index (χ0n) is 11.1. The van der Waals surface area contributed by atoms with E-state index >= 15 is 0 Å². The molecule has 0 saturated heterocycles. The molecule has 1 rings (SSSR count). The maximum Gasteiger partial charge on any atom is 0.0705 e. The second kappa shape index (κ2) is 7.43. The molecule has 96 valence electrons. The molecule has 1 unspecified atom stereocenters. The summed E-state index contributed by atoms with van der Waals surface area (Å²) in [5, 5.41) is 0. The summed E-state index contributed by atoms with van der Waals surface area (Å²) >= 11 is 0. The summed E-state index contributed by atoms with van der Waals surface area (Å²) in [6, 6.07) is 8.67. The Morgan fingerprint density at radius 3 is 2.47 bits per heavy atom. The summed E-state index contributed by atoms with van der Waals surface area (Å²) in [4.78, 5) is 2.30. The van der Waals surface area contributed by atoms with Gasteiger partial charge < -0.3 is 15.4 Å². The first-order valence-corrected chi connectivity index (χ1v) is 6.12. The Morgan fingerprint density at radius 2 is 1.94 bits per heavy atom. The van der Waals surface area contributed by atoms with Gasteiger partial charge in [-0.05, 0) is 26.0 Å². The number of hydrogen-bond donors (Lipinski definition) is 1. The molecule has 0 spiro atoms. The van der Waals surface area contributed by atoms with Gasteiger partial charge >= 0.3 is 0 Å². The van der Waals surface area contributed by atoms with Gasteiger partial charge in [-0.2, -0.15) is 0 Å². The van der Waals surface area contributed by atoms with Crippen molar-refractivity contribution in [3.63, 3.8) is 0 Å². The van der Waals surface area contributed by atoms with Gasteiger partial charge in [0, 0.05) is 26.7 Å². The summed E-state index contributed by atoms with van der Waals surface area (Å²) in [5.41, 5.74) is 8.25. The average molecular weight is 236 g/mol. The molecule has 17 heavy (non-hydrogen) atoms. The molecular weight excluding hydrogens is 212 g/mol. The van der Waals surface area contributed by atoms with Gasteiger partial charge in [-0.1, -0.05) is 29.8 Å². The molecule has 0 amide bonds. The van der Waals surface area contributed by atoms with Gasteiger partial charge in [0.2, 0.25) is 0 Å². The van der Waals surface area contributed by atoms with E-state index in [-0.39, 0.29) is 6.10 Å². The van der Waals surface area contributed by atoms with Crippen LogP contribution in [0.5, 0.6) is 0 Å². The molecule has 0 heterocycles. The molecule has 0 aromatic heterocycles. The van der Waals surface area contributed by atoms with Crippen molar-refractivity contribution in [3.8, 4) is 0 Å². The number of hydrogen-bond acceptors (Lipinski definition) is 3. The fourth-order valence-electron chi connectivity index (χ4n) is 1.78. The third-order valence-electron chi connectivity index (χ3n) is 3.00. The molecule has 1 aromatic carbocycles. The van der Waals surface area contributed by atoms with Crippen LogP contribution in [0.1, 0.15) is 17.5 Å². The van der Waals surface area contributed by atoms with Crippen molar-refractivity contribution in [1.29, 1.82) is 0 Å². The minimum Gasteiger partial charge on any atom is -0.380 e. The summed E-state index contributed by atoms with van der Waals surface area (Å²) in [6.45, 7) is 4.68. The highest BCUT2D eigenvalue weighted by Gasteiger charge is 2.07. The van der Waals surface area contributed by atoms with Crippen molar-refractivity contribution < 1.29 is 4.74 Å². The highest BCUT2D eigenvalue weighted by molar-refractivity contribution is 5.21. The molecule has 1 aromatic rings. The Kier molecular flexibility index (Phi) is 6.19. The number of methoxy groups -OCH3 is 1. The molecule has 0 fully saturated rings. The predicted molar refractivity (Wildman–Crippen MR) is 72.0 cm³/mol. The summed E-state index contributed by atoms with van der Waals surface area (Å²) < 4.78 is 5.26. The Balaban J connectivity index is 2.34. The van der Waals surface area contributed by atoms with Crippen LogP contribution in [-0.2, 0) is 11.3 Å². The fourth-order valence-corrected chi connectivity index (χ4v) is 1.78. The molecule has 0 aliphatic heterocycles. The summed E-state index contributed by atoms with van der Waals surface area (Å²) in [6.07, 6.45) is 1.16. The van der Waals surface area contributed by atoms with Crippen LogP contribution in [0.15, 0.2) is 24.3 Å². The van der Waals surface area contributed by atoms with Crippen LogP contribution in [0.3, 0.4) is 0 Å². The number of nitrogens with zero attached hydrogens (tertiary/aromatic N) is 1. The standard InChI is InChI=1S/C14H24N2O/c1-12-4-6-13(7-5-12)11-16(2)9-8-14(10-15)17-3/h4-7,14H,8-11,15H2,1-3H3. The summed E-state index contributed by atoms with van der Waals surface area (Å²) in [7, 11) is 3.85. The highest BCUT2D eigenvalue weighted by Crippen LogP contribution is 2.07. The highest BCUT2D eigenvalue weighted by atomic mass is 16.5. The number of nitrogens with two attached hydrogens (primary N) is 1. The third kappa shape index (κ3) is 5.31. The van der Waals surface area contributed by atoms with Crippen LogP contribution in [0.25, 0.3) is 0 Å². The lowest BCUT2D eigenvalue weighted by molar-refractivity contribution is 0.0919. The lowest BCUT2D eigenvalue weighted by atomic mass is 10.1. The monoisotopic (exact) mass is 236 g/mol. The maximum absolute atomic E-state index is 5.60. The van der Waals surface area contributed by atoms with Crippen LogP contribution < -0.4 is 5.73 Å². The van der Waals surface area contributed by atoms with Crippen molar-refractivity contribution >= 4 is 0 Å². The van der Waals surface area contributed by atoms with E-state index in [0.717, 1.165) is 19.5 Å². The Bertz CT molecular complexity index is 307. The predicted octanol–water partition coefficient (Wildman–Crippen LogP) is 1.79. The first-order chi connectivity index (χ1) is 8.15. The molecule has 3 heteroatoms. The largest absolute Gasteiger partial charge is 0.380 e. The van der Waals surface area contributed by atoms with Crippen molar-refractivity contribution in [1.82, 2.24) is 4.90 Å².